The molecule has 31 heavy (non-hydrogen) atoms. The highest BCUT2D eigenvalue weighted by molar-refractivity contribution is 6.30. The number of furan rings is 1. The van der Waals surface area contributed by atoms with Crippen LogP contribution in [0.25, 0.3) is 0 Å². The molecule has 3 aromatic rings. The third-order valence-corrected chi connectivity index (χ3v) is 5.83. The zero-order chi connectivity index (χ0) is 20.7. The maximum absolute atomic E-state index is 13.7. The fourth-order valence-electron chi connectivity index (χ4n) is 4.24. The summed E-state index contributed by atoms with van der Waals surface area (Å²) in [6, 6.07) is 17.6. The first-order valence-electron chi connectivity index (χ1n) is 9.88. The van der Waals surface area contributed by atoms with Crippen LogP contribution in [0.2, 0.25) is 5.02 Å². The molecule has 0 bridgehead atoms. The van der Waals surface area contributed by atoms with Crippen LogP contribution in [0, 0.1) is 0 Å². The molecule has 5 rings (SSSR count). The van der Waals surface area contributed by atoms with Gasteiger partial charge in [0.05, 0.1) is 23.7 Å². The van der Waals surface area contributed by atoms with E-state index in [9.17, 15) is 9.59 Å². The summed E-state index contributed by atoms with van der Waals surface area (Å²) in [6.45, 7) is 0. The molecule has 1 aliphatic heterocycles. The summed E-state index contributed by atoms with van der Waals surface area (Å²) < 4.78 is 5.44. The fraction of sp³-hybridized carbons (Fsp3) is 0.200. The highest BCUT2D eigenvalue weighted by atomic mass is 35.5. The number of fused-ring (bicyclic) bond motifs is 1. The van der Waals surface area contributed by atoms with Gasteiger partial charge in [-0.1, -0.05) is 43.3 Å². The van der Waals surface area contributed by atoms with E-state index < -0.39 is 6.04 Å². The van der Waals surface area contributed by atoms with E-state index in [2.05, 4.69) is 5.32 Å². The maximum Gasteiger partial charge on any atom is 0.294 e. The standard InChI is InChI=1S/C24H19ClN2O3.CH4/c25-16-12-10-15(11-13-16)23-22-18(6-3-8-20(22)28)26-17-5-1-2-7-19(17)27(23)24(29)21-9-4-14-30-21;/h1-2,4-5,7,9-14,23,26H,3,6,8H2;1H4. The number of halogens is 1. The minimum Gasteiger partial charge on any atom is -0.459 e. The molecule has 0 fully saturated rings. The van der Waals surface area contributed by atoms with Gasteiger partial charge in [0.15, 0.2) is 11.5 Å². The van der Waals surface area contributed by atoms with Crippen molar-refractivity contribution in [2.45, 2.75) is 32.7 Å². The summed E-state index contributed by atoms with van der Waals surface area (Å²) in [5.41, 5.74) is 3.80. The van der Waals surface area contributed by atoms with Gasteiger partial charge in [-0.05, 0) is 54.8 Å². The number of para-hydroxylation sites is 2. The number of benzene rings is 2. The predicted molar refractivity (Wildman–Crippen MR) is 122 cm³/mol. The molecule has 1 unspecified atom stereocenters. The van der Waals surface area contributed by atoms with Crippen LogP contribution in [0.3, 0.4) is 0 Å². The molecule has 2 aromatic carbocycles. The van der Waals surface area contributed by atoms with Gasteiger partial charge in [-0.3, -0.25) is 14.5 Å². The summed E-state index contributed by atoms with van der Waals surface area (Å²) in [5.74, 6) is -0.0360. The number of Topliss-reactive ketones (excluding diaryl/α,β-unsaturated/α-hetero) is 1. The van der Waals surface area contributed by atoms with E-state index in [1.54, 1.807) is 29.2 Å². The second-order valence-electron chi connectivity index (χ2n) is 7.42. The van der Waals surface area contributed by atoms with E-state index in [-0.39, 0.29) is 24.9 Å². The quantitative estimate of drug-likeness (QED) is 0.507. The number of carbonyl (C=O) groups excluding carboxylic acids is 2. The Balaban J connectivity index is 0.00000231. The van der Waals surface area contributed by atoms with Crippen LogP contribution in [0.1, 0.15) is 48.8 Å². The first kappa shape index (κ1) is 20.9. The average Bonchev–Trinajstić information content (AvgIpc) is 3.24. The molecular formula is C25H23ClN2O3. The SMILES string of the molecule is C.O=C1CCCC2=C1C(c1ccc(Cl)cc1)N(C(=O)c1ccco1)c1ccccc1N2. The van der Waals surface area contributed by atoms with Gasteiger partial charge in [-0.25, -0.2) is 0 Å². The van der Waals surface area contributed by atoms with Crippen molar-refractivity contribution in [3.8, 4) is 0 Å². The van der Waals surface area contributed by atoms with Gasteiger partial charge in [-0.15, -0.1) is 0 Å². The molecule has 6 heteroatoms. The molecule has 1 aromatic heterocycles. The van der Waals surface area contributed by atoms with Crippen molar-refractivity contribution < 1.29 is 14.0 Å². The lowest BCUT2D eigenvalue weighted by Crippen LogP contribution is -2.37. The fourth-order valence-corrected chi connectivity index (χ4v) is 4.36. The van der Waals surface area contributed by atoms with Crippen LogP contribution in [-0.2, 0) is 4.79 Å². The monoisotopic (exact) mass is 434 g/mol. The van der Waals surface area contributed by atoms with Crippen molar-refractivity contribution in [2.24, 2.45) is 0 Å². The smallest absolute Gasteiger partial charge is 0.294 e. The Kier molecular flexibility index (Phi) is 5.70. The largest absolute Gasteiger partial charge is 0.459 e. The van der Waals surface area contributed by atoms with Crippen molar-refractivity contribution in [3.05, 3.63) is 94.5 Å². The number of carbonyl (C=O) groups is 2. The molecule has 1 amide bonds. The number of nitrogens with zero attached hydrogens (tertiary/aromatic N) is 1. The van der Waals surface area contributed by atoms with Crippen molar-refractivity contribution >= 4 is 34.7 Å². The molecule has 2 aliphatic rings. The minimum absolute atomic E-state index is 0. The topological polar surface area (TPSA) is 62.6 Å². The molecule has 158 valence electrons. The molecule has 5 nitrogen and oxygen atoms in total. The van der Waals surface area contributed by atoms with E-state index in [1.807, 2.05) is 36.4 Å². The van der Waals surface area contributed by atoms with Gasteiger partial charge in [0, 0.05) is 22.7 Å². The Labute approximate surface area is 186 Å². The van der Waals surface area contributed by atoms with Crippen molar-refractivity contribution in [2.75, 3.05) is 10.2 Å². The van der Waals surface area contributed by atoms with Crippen molar-refractivity contribution in [1.29, 1.82) is 0 Å². The lowest BCUT2D eigenvalue weighted by Gasteiger charge is -2.33. The number of anilines is 2. The molecule has 2 heterocycles. The third kappa shape index (κ3) is 3.66. The Bertz CT molecular complexity index is 1150. The van der Waals surface area contributed by atoms with Crippen LogP contribution < -0.4 is 10.2 Å². The normalized spacial score (nSPS) is 17.8. The van der Waals surface area contributed by atoms with E-state index in [4.69, 9.17) is 16.0 Å². The molecule has 0 saturated heterocycles. The highest BCUT2D eigenvalue weighted by Gasteiger charge is 2.40. The predicted octanol–water partition coefficient (Wildman–Crippen LogP) is 6.39. The summed E-state index contributed by atoms with van der Waals surface area (Å²) >= 11 is 6.12. The van der Waals surface area contributed by atoms with Crippen molar-refractivity contribution in [1.82, 2.24) is 0 Å². The zero-order valence-corrected chi connectivity index (χ0v) is 16.9. The Morgan fingerprint density at radius 3 is 2.55 bits per heavy atom. The van der Waals surface area contributed by atoms with Gasteiger partial charge >= 0.3 is 0 Å². The molecular weight excluding hydrogens is 412 g/mol. The second kappa shape index (κ2) is 8.44. The first-order valence-corrected chi connectivity index (χ1v) is 10.3. The third-order valence-electron chi connectivity index (χ3n) is 5.57. The molecule has 0 radical (unpaired) electrons. The number of hydrogen-bond acceptors (Lipinski definition) is 4. The van der Waals surface area contributed by atoms with Gasteiger partial charge < -0.3 is 9.73 Å². The second-order valence-corrected chi connectivity index (χ2v) is 7.85. The maximum atomic E-state index is 13.7. The molecule has 1 atom stereocenters. The number of rotatable bonds is 2. The minimum atomic E-state index is -0.584. The number of allylic oxidation sites excluding steroid dienone is 1. The number of hydrogen-bond donors (Lipinski definition) is 1. The average molecular weight is 435 g/mol. The first-order chi connectivity index (χ1) is 14.6. The van der Waals surface area contributed by atoms with Crippen molar-refractivity contribution in [3.63, 3.8) is 0 Å². The molecule has 1 aliphatic carbocycles. The Hall–Kier alpha value is -3.31. The highest BCUT2D eigenvalue weighted by Crippen LogP contribution is 2.45. The summed E-state index contributed by atoms with van der Waals surface area (Å²) in [6.07, 6.45) is 3.47. The summed E-state index contributed by atoms with van der Waals surface area (Å²) in [7, 11) is 0. The van der Waals surface area contributed by atoms with Crippen LogP contribution in [0.15, 0.2) is 82.6 Å². The molecule has 1 N–H and O–H groups in total. The summed E-state index contributed by atoms with van der Waals surface area (Å²) in [4.78, 5) is 28.5. The lowest BCUT2D eigenvalue weighted by molar-refractivity contribution is -0.116. The number of nitrogens with one attached hydrogen (secondary N) is 1. The Morgan fingerprint density at radius 1 is 1.03 bits per heavy atom. The number of amides is 1. The van der Waals surface area contributed by atoms with E-state index >= 15 is 0 Å². The van der Waals surface area contributed by atoms with Gasteiger partial charge in [0.25, 0.3) is 5.91 Å². The lowest BCUT2D eigenvalue weighted by atomic mass is 9.85. The van der Waals surface area contributed by atoms with E-state index in [1.165, 1.54) is 6.26 Å². The van der Waals surface area contributed by atoms with E-state index in [0.717, 1.165) is 29.8 Å². The zero-order valence-electron chi connectivity index (χ0n) is 16.1. The molecule has 0 saturated carbocycles. The number of ketones is 1. The van der Waals surface area contributed by atoms with Crippen LogP contribution >= 0.6 is 11.6 Å². The van der Waals surface area contributed by atoms with Gasteiger partial charge in [-0.2, -0.15) is 0 Å². The van der Waals surface area contributed by atoms with Crippen LogP contribution in [0.4, 0.5) is 11.4 Å². The molecule has 0 spiro atoms. The van der Waals surface area contributed by atoms with Crippen LogP contribution in [-0.4, -0.2) is 11.7 Å². The Morgan fingerprint density at radius 2 is 1.81 bits per heavy atom. The summed E-state index contributed by atoms with van der Waals surface area (Å²) in [5, 5.41) is 4.04. The van der Waals surface area contributed by atoms with Gasteiger partial charge in [0.2, 0.25) is 0 Å². The van der Waals surface area contributed by atoms with E-state index in [0.29, 0.717) is 22.7 Å². The van der Waals surface area contributed by atoms with Gasteiger partial charge in [0.1, 0.15) is 0 Å². The van der Waals surface area contributed by atoms with Crippen LogP contribution in [0.5, 0.6) is 0 Å².